The number of nitrogens with zero attached hydrogens (tertiary/aromatic N) is 1. The van der Waals surface area contributed by atoms with Gasteiger partial charge < -0.3 is 10.4 Å². The van der Waals surface area contributed by atoms with Crippen molar-refractivity contribution in [2.24, 2.45) is 4.40 Å². The van der Waals surface area contributed by atoms with Crippen molar-refractivity contribution >= 4 is 21.5 Å². The molecule has 0 radical (unpaired) electrons. The highest BCUT2D eigenvalue weighted by molar-refractivity contribution is 7.90. The Morgan fingerprint density at radius 1 is 0.857 bits per heavy atom. The van der Waals surface area contributed by atoms with Gasteiger partial charge in [0.2, 0.25) is 0 Å². The monoisotopic (exact) mass is 394 g/mol. The number of aromatic hydroxyl groups is 1. The van der Waals surface area contributed by atoms with E-state index in [9.17, 15) is 13.5 Å². The number of phenols is 1. The van der Waals surface area contributed by atoms with E-state index in [-0.39, 0.29) is 16.5 Å². The van der Waals surface area contributed by atoms with Crippen molar-refractivity contribution in [2.75, 3.05) is 5.32 Å². The van der Waals surface area contributed by atoms with E-state index >= 15 is 0 Å². The van der Waals surface area contributed by atoms with Crippen molar-refractivity contribution in [1.29, 1.82) is 0 Å². The van der Waals surface area contributed by atoms with E-state index in [1.54, 1.807) is 55.5 Å². The third-order valence-electron chi connectivity index (χ3n) is 4.59. The van der Waals surface area contributed by atoms with Gasteiger partial charge in [0.1, 0.15) is 5.75 Å². The second-order valence-electron chi connectivity index (χ2n) is 6.60. The number of anilines is 1. The normalized spacial score (nSPS) is 12.0. The van der Waals surface area contributed by atoms with Gasteiger partial charge in [0.05, 0.1) is 4.90 Å². The quantitative estimate of drug-likeness (QED) is 0.386. The summed E-state index contributed by atoms with van der Waals surface area (Å²) in [5, 5.41) is 13.0. The van der Waals surface area contributed by atoms with E-state index < -0.39 is 10.0 Å². The SMILES string of the molecule is Cc1ccc(S(=O)(=O)N=C(Nc2ccc(O)c(C)c2C)c2ccccc2)cc1. The summed E-state index contributed by atoms with van der Waals surface area (Å²) in [5.74, 6) is 0.405. The van der Waals surface area contributed by atoms with E-state index in [1.807, 2.05) is 32.0 Å². The number of phenolic OH excluding ortho intramolecular Hbond substituents is 1. The summed E-state index contributed by atoms with van der Waals surface area (Å²) in [6, 6.07) is 18.9. The molecule has 0 aliphatic carbocycles. The van der Waals surface area contributed by atoms with E-state index in [2.05, 4.69) is 9.71 Å². The van der Waals surface area contributed by atoms with Gasteiger partial charge in [-0.05, 0) is 56.2 Å². The van der Waals surface area contributed by atoms with Crippen LogP contribution in [0.15, 0.2) is 76.0 Å². The van der Waals surface area contributed by atoms with Crippen molar-refractivity contribution < 1.29 is 13.5 Å². The second kappa shape index (κ2) is 7.86. The lowest BCUT2D eigenvalue weighted by atomic mass is 10.1. The maximum Gasteiger partial charge on any atom is 0.284 e. The number of sulfonamides is 1. The first kappa shape index (κ1) is 19.6. The summed E-state index contributed by atoms with van der Waals surface area (Å²) < 4.78 is 29.8. The predicted octanol–water partition coefficient (Wildman–Crippen LogP) is 4.57. The summed E-state index contributed by atoms with van der Waals surface area (Å²) in [5.41, 5.74) is 3.83. The van der Waals surface area contributed by atoms with E-state index in [0.29, 0.717) is 11.3 Å². The van der Waals surface area contributed by atoms with Gasteiger partial charge in [0.25, 0.3) is 10.0 Å². The molecule has 0 amide bonds. The molecule has 0 saturated carbocycles. The number of rotatable bonds is 4. The molecule has 28 heavy (non-hydrogen) atoms. The number of hydrogen-bond acceptors (Lipinski definition) is 3. The number of amidine groups is 1. The van der Waals surface area contributed by atoms with Gasteiger partial charge in [-0.1, -0.05) is 48.0 Å². The highest BCUT2D eigenvalue weighted by atomic mass is 32.2. The minimum Gasteiger partial charge on any atom is -0.508 e. The molecule has 144 valence electrons. The Kier molecular flexibility index (Phi) is 5.51. The van der Waals surface area contributed by atoms with Crippen LogP contribution in [0.1, 0.15) is 22.3 Å². The van der Waals surface area contributed by atoms with Gasteiger partial charge in [-0.3, -0.25) is 0 Å². The zero-order valence-corrected chi connectivity index (χ0v) is 16.8. The highest BCUT2D eigenvalue weighted by Crippen LogP contribution is 2.27. The number of benzene rings is 3. The van der Waals surface area contributed by atoms with Crippen LogP contribution in [0.4, 0.5) is 5.69 Å². The molecule has 0 saturated heterocycles. The predicted molar refractivity (Wildman–Crippen MR) is 113 cm³/mol. The van der Waals surface area contributed by atoms with Gasteiger partial charge in [-0.15, -0.1) is 4.40 Å². The zero-order chi connectivity index (χ0) is 20.3. The van der Waals surface area contributed by atoms with Crippen LogP contribution in [0.25, 0.3) is 0 Å². The molecule has 0 spiro atoms. The maximum absolute atomic E-state index is 12.9. The number of aryl methyl sites for hydroxylation is 1. The lowest BCUT2D eigenvalue weighted by Gasteiger charge is -2.15. The fourth-order valence-electron chi connectivity index (χ4n) is 2.70. The topological polar surface area (TPSA) is 78.8 Å². The van der Waals surface area contributed by atoms with Crippen LogP contribution in [0.2, 0.25) is 0 Å². The van der Waals surface area contributed by atoms with E-state index in [4.69, 9.17) is 0 Å². The minimum atomic E-state index is -3.90. The molecule has 3 aromatic carbocycles. The molecular weight excluding hydrogens is 372 g/mol. The molecule has 3 aromatic rings. The molecule has 0 bridgehead atoms. The molecular formula is C22H22N2O3S. The third-order valence-corrected chi connectivity index (χ3v) is 5.88. The molecule has 0 aliphatic heterocycles. The van der Waals surface area contributed by atoms with Crippen molar-refractivity contribution in [3.8, 4) is 5.75 Å². The lowest BCUT2D eigenvalue weighted by Crippen LogP contribution is -2.17. The van der Waals surface area contributed by atoms with Crippen LogP contribution in [-0.2, 0) is 10.0 Å². The van der Waals surface area contributed by atoms with Crippen LogP contribution in [0, 0.1) is 20.8 Å². The van der Waals surface area contributed by atoms with Gasteiger partial charge in [0, 0.05) is 11.3 Å². The van der Waals surface area contributed by atoms with Gasteiger partial charge >= 0.3 is 0 Å². The fourth-order valence-corrected chi connectivity index (χ4v) is 3.67. The summed E-state index contributed by atoms with van der Waals surface area (Å²) in [6.45, 7) is 5.55. The Morgan fingerprint density at radius 2 is 1.50 bits per heavy atom. The van der Waals surface area contributed by atoms with Crippen molar-refractivity contribution in [3.63, 3.8) is 0 Å². The Labute approximate surface area is 165 Å². The lowest BCUT2D eigenvalue weighted by molar-refractivity contribution is 0.470. The van der Waals surface area contributed by atoms with Crippen LogP contribution >= 0.6 is 0 Å². The minimum absolute atomic E-state index is 0.131. The highest BCUT2D eigenvalue weighted by Gasteiger charge is 2.17. The van der Waals surface area contributed by atoms with Crippen molar-refractivity contribution in [1.82, 2.24) is 0 Å². The van der Waals surface area contributed by atoms with Gasteiger partial charge in [0.15, 0.2) is 5.84 Å². The molecule has 0 unspecified atom stereocenters. The zero-order valence-electron chi connectivity index (χ0n) is 16.0. The van der Waals surface area contributed by atoms with E-state index in [1.165, 1.54) is 0 Å². The van der Waals surface area contributed by atoms with Crippen LogP contribution in [0.3, 0.4) is 0 Å². The molecule has 5 nitrogen and oxygen atoms in total. The molecule has 6 heteroatoms. The average molecular weight is 394 g/mol. The van der Waals surface area contributed by atoms with Gasteiger partial charge in [-0.25, -0.2) is 0 Å². The second-order valence-corrected chi connectivity index (χ2v) is 8.21. The molecule has 0 aliphatic rings. The van der Waals surface area contributed by atoms with Crippen molar-refractivity contribution in [3.05, 3.63) is 89.0 Å². The summed E-state index contributed by atoms with van der Waals surface area (Å²) in [7, 11) is -3.90. The average Bonchev–Trinajstić information content (AvgIpc) is 2.68. The van der Waals surface area contributed by atoms with Crippen LogP contribution in [0.5, 0.6) is 5.75 Å². The first-order valence-electron chi connectivity index (χ1n) is 8.81. The Bertz CT molecular complexity index is 1120. The number of nitrogens with one attached hydrogen (secondary N) is 1. The Morgan fingerprint density at radius 3 is 2.14 bits per heavy atom. The largest absolute Gasteiger partial charge is 0.508 e. The standard InChI is InChI=1S/C22H22N2O3S/c1-15-9-11-19(12-10-15)28(26,27)24-22(18-7-5-4-6-8-18)23-20-13-14-21(25)17(3)16(20)2/h4-14,25H,1-3H3,(H,23,24). The summed E-state index contributed by atoms with van der Waals surface area (Å²) >= 11 is 0. The molecule has 0 aromatic heterocycles. The fraction of sp³-hybridized carbons (Fsp3) is 0.136. The summed E-state index contributed by atoms with van der Waals surface area (Å²) in [6.07, 6.45) is 0. The van der Waals surface area contributed by atoms with Crippen LogP contribution in [-0.4, -0.2) is 19.4 Å². The first-order valence-corrected chi connectivity index (χ1v) is 10.3. The number of hydrogen-bond donors (Lipinski definition) is 2. The van der Waals surface area contributed by atoms with E-state index in [0.717, 1.165) is 16.7 Å². The molecule has 0 fully saturated rings. The van der Waals surface area contributed by atoms with Gasteiger partial charge in [-0.2, -0.15) is 8.42 Å². The Hall–Kier alpha value is -3.12. The van der Waals surface area contributed by atoms with Crippen molar-refractivity contribution in [2.45, 2.75) is 25.7 Å². The maximum atomic E-state index is 12.9. The molecule has 0 heterocycles. The smallest absolute Gasteiger partial charge is 0.284 e. The van der Waals surface area contributed by atoms with Crippen LogP contribution < -0.4 is 5.32 Å². The molecule has 2 N–H and O–H groups in total. The third kappa shape index (κ3) is 4.23. The molecule has 3 rings (SSSR count). The first-order chi connectivity index (χ1) is 13.3. The molecule has 0 atom stereocenters. The Balaban J connectivity index is 2.09. The summed E-state index contributed by atoms with van der Waals surface area (Å²) in [4.78, 5) is 0.131.